The first-order chi connectivity index (χ1) is 12.6. The van der Waals surface area contributed by atoms with Crippen molar-refractivity contribution in [2.75, 3.05) is 24.6 Å². The average molecular weight is 375 g/mol. The molecule has 0 spiro atoms. The topological polar surface area (TPSA) is 68.1 Å². The maximum Gasteiger partial charge on any atom is 0.181 e. The summed E-state index contributed by atoms with van der Waals surface area (Å²) >= 11 is 0. The molecule has 140 valence electrons. The molecule has 0 radical (unpaired) electrons. The summed E-state index contributed by atoms with van der Waals surface area (Å²) in [5, 5.41) is 4.70. The minimum atomic E-state index is -2.82. The molecule has 2 aliphatic heterocycles. The van der Waals surface area contributed by atoms with Crippen molar-refractivity contribution in [1.82, 2.24) is 19.7 Å². The van der Waals surface area contributed by atoms with E-state index in [-0.39, 0.29) is 6.04 Å². The highest BCUT2D eigenvalue weighted by atomic mass is 32.2. The summed E-state index contributed by atoms with van der Waals surface area (Å²) in [5.41, 5.74) is 1.05. The van der Waals surface area contributed by atoms with Gasteiger partial charge in [0.05, 0.1) is 11.5 Å². The van der Waals surface area contributed by atoms with Gasteiger partial charge in [-0.2, -0.15) is 5.10 Å². The molecule has 1 aromatic carbocycles. The van der Waals surface area contributed by atoms with Gasteiger partial charge in [-0.05, 0) is 39.3 Å². The van der Waals surface area contributed by atoms with Gasteiger partial charge in [0, 0.05) is 24.1 Å². The second-order valence-electron chi connectivity index (χ2n) is 7.34. The van der Waals surface area contributed by atoms with Crippen molar-refractivity contribution in [3.8, 4) is 11.4 Å². The van der Waals surface area contributed by atoms with E-state index in [9.17, 15) is 8.42 Å². The Balaban J connectivity index is 1.47. The third-order valence-corrected chi connectivity index (χ3v) is 7.40. The smallest absolute Gasteiger partial charge is 0.181 e. The van der Waals surface area contributed by atoms with E-state index in [2.05, 4.69) is 11.8 Å². The second kappa shape index (κ2) is 7.12. The Morgan fingerprint density at radius 3 is 2.46 bits per heavy atom. The predicted octanol–water partition coefficient (Wildman–Crippen LogP) is 2.33. The van der Waals surface area contributed by atoms with Gasteiger partial charge >= 0.3 is 0 Å². The Bertz CT molecular complexity index is 855. The number of benzene rings is 1. The predicted molar refractivity (Wildman–Crippen MR) is 102 cm³/mol. The number of hydrogen-bond donors (Lipinski definition) is 0. The quantitative estimate of drug-likeness (QED) is 0.822. The van der Waals surface area contributed by atoms with E-state index in [1.807, 2.05) is 35.0 Å². The van der Waals surface area contributed by atoms with Crippen LogP contribution in [0.3, 0.4) is 0 Å². The van der Waals surface area contributed by atoms with Gasteiger partial charge in [0.2, 0.25) is 0 Å². The first-order valence-electron chi connectivity index (χ1n) is 9.50. The van der Waals surface area contributed by atoms with Gasteiger partial charge in [0.15, 0.2) is 15.7 Å². The number of aromatic nitrogens is 3. The van der Waals surface area contributed by atoms with Crippen LogP contribution in [-0.4, -0.2) is 58.7 Å². The molecule has 2 fully saturated rings. The van der Waals surface area contributed by atoms with E-state index in [0.717, 1.165) is 56.1 Å². The molecule has 0 N–H and O–H groups in total. The monoisotopic (exact) mass is 374 g/mol. The Morgan fingerprint density at radius 2 is 1.85 bits per heavy atom. The molecule has 2 saturated heterocycles. The Labute approximate surface area is 155 Å². The molecule has 1 atom stereocenters. The van der Waals surface area contributed by atoms with Crippen molar-refractivity contribution >= 4 is 9.84 Å². The number of rotatable bonds is 4. The summed E-state index contributed by atoms with van der Waals surface area (Å²) < 4.78 is 25.5. The van der Waals surface area contributed by atoms with Gasteiger partial charge in [-0.15, -0.1) is 0 Å². The third kappa shape index (κ3) is 3.55. The first-order valence-corrected chi connectivity index (χ1v) is 11.3. The van der Waals surface area contributed by atoms with E-state index in [1.54, 1.807) is 0 Å². The van der Waals surface area contributed by atoms with Crippen LogP contribution in [0.15, 0.2) is 30.3 Å². The highest BCUT2D eigenvalue weighted by molar-refractivity contribution is 7.91. The highest BCUT2D eigenvalue weighted by Crippen LogP contribution is 2.31. The van der Waals surface area contributed by atoms with Gasteiger partial charge in [0.1, 0.15) is 5.82 Å². The van der Waals surface area contributed by atoms with Gasteiger partial charge in [-0.25, -0.2) is 18.1 Å². The summed E-state index contributed by atoms with van der Waals surface area (Å²) in [6, 6.07) is 10.3. The molecule has 0 saturated carbocycles. The van der Waals surface area contributed by atoms with Crippen LogP contribution in [0, 0.1) is 0 Å². The van der Waals surface area contributed by atoms with Crippen LogP contribution in [0.2, 0.25) is 0 Å². The zero-order valence-electron chi connectivity index (χ0n) is 15.2. The van der Waals surface area contributed by atoms with Crippen molar-refractivity contribution in [3.63, 3.8) is 0 Å². The molecule has 0 amide bonds. The van der Waals surface area contributed by atoms with E-state index >= 15 is 0 Å². The van der Waals surface area contributed by atoms with Gasteiger partial charge in [0.25, 0.3) is 0 Å². The van der Waals surface area contributed by atoms with Crippen LogP contribution < -0.4 is 0 Å². The lowest BCUT2D eigenvalue weighted by Gasteiger charge is -2.35. The molecule has 26 heavy (non-hydrogen) atoms. The van der Waals surface area contributed by atoms with Gasteiger partial charge < -0.3 is 0 Å². The summed E-state index contributed by atoms with van der Waals surface area (Å²) in [4.78, 5) is 7.22. The lowest BCUT2D eigenvalue weighted by molar-refractivity contribution is 0.161. The molecule has 1 aromatic heterocycles. The fourth-order valence-electron chi connectivity index (χ4n) is 4.18. The van der Waals surface area contributed by atoms with Crippen LogP contribution in [0.1, 0.15) is 37.9 Å². The van der Waals surface area contributed by atoms with Crippen LogP contribution in [0.4, 0.5) is 0 Å². The lowest BCUT2D eigenvalue weighted by Crippen LogP contribution is -2.42. The van der Waals surface area contributed by atoms with Gasteiger partial charge in [-0.3, -0.25) is 4.90 Å². The molecule has 6 nitrogen and oxygen atoms in total. The van der Waals surface area contributed by atoms with Crippen molar-refractivity contribution < 1.29 is 8.42 Å². The van der Waals surface area contributed by atoms with E-state index in [4.69, 9.17) is 10.1 Å². The number of piperidine rings is 1. The maximum atomic E-state index is 11.7. The molecule has 0 aliphatic carbocycles. The van der Waals surface area contributed by atoms with Crippen LogP contribution in [0.5, 0.6) is 0 Å². The summed E-state index contributed by atoms with van der Waals surface area (Å²) in [6.45, 7) is 4.81. The normalized spacial score (nSPS) is 24.1. The number of nitrogens with zero attached hydrogens (tertiary/aromatic N) is 4. The highest BCUT2D eigenvalue weighted by Gasteiger charge is 2.35. The number of likely N-dealkylation sites (tertiary alicyclic amines) is 1. The summed E-state index contributed by atoms with van der Waals surface area (Å²) in [5.74, 6) is 2.95. The third-order valence-electron chi connectivity index (χ3n) is 5.65. The summed E-state index contributed by atoms with van der Waals surface area (Å²) in [6.07, 6.45) is 2.82. The van der Waals surface area contributed by atoms with Crippen molar-refractivity contribution in [2.45, 2.75) is 44.7 Å². The van der Waals surface area contributed by atoms with E-state index < -0.39 is 9.84 Å². The SMILES string of the molecule is CCn1nc(-c2ccccc2)nc1C1CCN(C2CCS(=O)(=O)C2)CC1. The van der Waals surface area contributed by atoms with Crippen molar-refractivity contribution in [2.24, 2.45) is 0 Å². The fraction of sp³-hybridized carbons (Fsp3) is 0.579. The average Bonchev–Trinajstić information content (AvgIpc) is 3.26. The number of sulfone groups is 1. The van der Waals surface area contributed by atoms with Crippen LogP contribution >= 0.6 is 0 Å². The number of hydrogen-bond acceptors (Lipinski definition) is 5. The second-order valence-corrected chi connectivity index (χ2v) is 9.57. The Kier molecular flexibility index (Phi) is 4.84. The van der Waals surface area contributed by atoms with E-state index in [0.29, 0.717) is 17.4 Å². The van der Waals surface area contributed by atoms with Crippen LogP contribution in [0.25, 0.3) is 11.4 Å². The largest absolute Gasteiger partial charge is 0.299 e. The Morgan fingerprint density at radius 1 is 1.12 bits per heavy atom. The molecule has 4 rings (SSSR count). The Hall–Kier alpha value is -1.73. The number of aryl methyl sites for hydroxylation is 1. The molecule has 2 aromatic rings. The standard InChI is InChI=1S/C19H26N4O2S/c1-2-23-19(20-18(21-23)15-6-4-3-5-7-15)16-8-11-22(12-9-16)17-10-13-26(24,25)14-17/h3-7,16-17H,2,8-14H2,1H3. The molecular formula is C19H26N4O2S. The zero-order chi connectivity index (χ0) is 18.1. The molecule has 0 bridgehead atoms. The fourth-order valence-corrected chi connectivity index (χ4v) is 5.95. The molecular weight excluding hydrogens is 348 g/mol. The first kappa shape index (κ1) is 17.7. The molecule has 1 unspecified atom stereocenters. The zero-order valence-corrected chi connectivity index (χ0v) is 16.0. The summed E-state index contributed by atoms with van der Waals surface area (Å²) in [7, 11) is -2.82. The molecule has 2 aliphatic rings. The molecule has 7 heteroatoms. The van der Waals surface area contributed by atoms with E-state index in [1.165, 1.54) is 0 Å². The molecule has 3 heterocycles. The van der Waals surface area contributed by atoms with Crippen molar-refractivity contribution in [1.29, 1.82) is 0 Å². The van der Waals surface area contributed by atoms with Crippen molar-refractivity contribution in [3.05, 3.63) is 36.2 Å². The minimum Gasteiger partial charge on any atom is -0.299 e. The van der Waals surface area contributed by atoms with Gasteiger partial charge in [-0.1, -0.05) is 30.3 Å². The minimum absolute atomic E-state index is 0.213. The van der Waals surface area contributed by atoms with Crippen LogP contribution in [-0.2, 0) is 16.4 Å². The maximum absolute atomic E-state index is 11.7. The lowest BCUT2D eigenvalue weighted by atomic mass is 9.94.